The van der Waals surface area contributed by atoms with Crippen LogP contribution >= 0.6 is 11.3 Å². The van der Waals surface area contributed by atoms with Crippen LogP contribution in [0.3, 0.4) is 0 Å². The molecule has 1 atom stereocenters. The Morgan fingerprint density at radius 2 is 2.06 bits per heavy atom. The maximum Gasteiger partial charge on any atom is 0.0930 e. The quantitative estimate of drug-likeness (QED) is 0.824. The number of hydrogen-bond acceptors (Lipinski definition) is 3. The fourth-order valence-corrected chi connectivity index (χ4v) is 3.42. The maximum absolute atomic E-state index is 4.68. The summed E-state index contributed by atoms with van der Waals surface area (Å²) in [6.45, 7) is 9.99. The van der Waals surface area contributed by atoms with Crippen LogP contribution in [0.2, 0.25) is 0 Å². The van der Waals surface area contributed by atoms with Crippen LogP contribution in [0.25, 0.3) is 0 Å². The molecule has 0 fully saturated rings. The van der Waals surface area contributed by atoms with E-state index in [9.17, 15) is 0 Å². The third-order valence-electron chi connectivity index (χ3n) is 2.91. The van der Waals surface area contributed by atoms with E-state index in [1.54, 1.807) is 0 Å². The largest absolute Gasteiger partial charge is 0.319 e. The van der Waals surface area contributed by atoms with Gasteiger partial charge in [0.1, 0.15) is 0 Å². The van der Waals surface area contributed by atoms with Gasteiger partial charge in [0.15, 0.2) is 0 Å². The average molecular weight is 240 g/mol. The van der Waals surface area contributed by atoms with Gasteiger partial charge in [0.25, 0.3) is 0 Å². The van der Waals surface area contributed by atoms with Gasteiger partial charge in [-0.1, -0.05) is 20.8 Å². The normalized spacial score (nSPS) is 13.4. The molecule has 0 saturated heterocycles. The first-order valence-electron chi connectivity index (χ1n) is 6.20. The molecule has 1 rings (SSSR count). The number of hydrogen-bond donors (Lipinski definition) is 1. The molecular formula is C13H24N2S. The SMILES string of the molecule is CCCc1nc(C)c(C(CNC)C(C)C)s1. The summed E-state index contributed by atoms with van der Waals surface area (Å²) in [5, 5.41) is 4.60. The molecule has 0 aliphatic heterocycles. The predicted octanol–water partition coefficient (Wildman–Crippen LogP) is 3.36. The molecule has 0 amide bonds. The summed E-state index contributed by atoms with van der Waals surface area (Å²) in [7, 11) is 2.03. The predicted molar refractivity (Wildman–Crippen MR) is 72.4 cm³/mol. The van der Waals surface area contributed by atoms with Gasteiger partial charge in [0.05, 0.1) is 10.7 Å². The highest BCUT2D eigenvalue weighted by molar-refractivity contribution is 7.11. The summed E-state index contributed by atoms with van der Waals surface area (Å²) in [6.07, 6.45) is 2.31. The van der Waals surface area contributed by atoms with Gasteiger partial charge in [0, 0.05) is 17.3 Å². The van der Waals surface area contributed by atoms with Gasteiger partial charge in [-0.2, -0.15) is 0 Å². The molecule has 0 bridgehead atoms. The number of aromatic nitrogens is 1. The van der Waals surface area contributed by atoms with E-state index in [4.69, 9.17) is 0 Å². The topological polar surface area (TPSA) is 24.9 Å². The Morgan fingerprint density at radius 1 is 1.38 bits per heavy atom. The highest BCUT2D eigenvalue weighted by Crippen LogP contribution is 2.32. The minimum Gasteiger partial charge on any atom is -0.319 e. The van der Waals surface area contributed by atoms with Gasteiger partial charge in [-0.3, -0.25) is 0 Å². The van der Waals surface area contributed by atoms with Crippen molar-refractivity contribution in [1.29, 1.82) is 0 Å². The molecule has 0 aromatic carbocycles. The second-order valence-corrected chi connectivity index (χ2v) is 5.83. The summed E-state index contributed by atoms with van der Waals surface area (Å²) in [4.78, 5) is 6.16. The van der Waals surface area contributed by atoms with Crippen LogP contribution in [0.15, 0.2) is 0 Å². The molecule has 0 aliphatic carbocycles. The van der Waals surface area contributed by atoms with Crippen LogP contribution in [-0.4, -0.2) is 18.6 Å². The Morgan fingerprint density at radius 3 is 2.56 bits per heavy atom. The Hall–Kier alpha value is -0.410. The van der Waals surface area contributed by atoms with Crippen molar-refractivity contribution in [3.63, 3.8) is 0 Å². The minimum absolute atomic E-state index is 0.605. The van der Waals surface area contributed by atoms with Gasteiger partial charge in [-0.15, -0.1) is 11.3 Å². The number of likely N-dealkylation sites (N-methyl/N-ethyl adjacent to an activating group) is 1. The van der Waals surface area contributed by atoms with Crippen LogP contribution in [0, 0.1) is 12.8 Å². The van der Waals surface area contributed by atoms with Crippen molar-refractivity contribution in [2.45, 2.75) is 46.5 Å². The summed E-state index contributed by atoms with van der Waals surface area (Å²) in [5.41, 5.74) is 1.24. The highest BCUT2D eigenvalue weighted by Gasteiger charge is 2.20. The van der Waals surface area contributed by atoms with Crippen molar-refractivity contribution in [1.82, 2.24) is 10.3 Å². The third-order valence-corrected chi connectivity index (χ3v) is 4.26. The molecule has 2 nitrogen and oxygen atoms in total. The fraction of sp³-hybridized carbons (Fsp3) is 0.769. The van der Waals surface area contributed by atoms with E-state index >= 15 is 0 Å². The molecule has 92 valence electrons. The third kappa shape index (κ3) is 3.29. The molecule has 1 aromatic heterocycles. The monoisotopic (exact) mass is 240 g/mol. The highest BCUT2D eigenvalue weighted by atomic mass is 32.1. The molecule has 0 saturated carbocycles. The Balaban J connectivity index is 2.90. The first kappa shape index (κ1) is 13.7. The van der Waals surface area contributed by atoms with Crippen molar-refractivity contribution < 1.29 is 0 Å². The molecule has 1 aromatic rings. The van der Waals surface area contributed by atoms with E-state index in [2.05, 4.69) is 38.0 Å². The first-order valence-corrected chi connectivity index (χ1v) is 7.02. The van der Waals surface area contributed by atoms with Gasteiger partial charge >= 0.3 is 0 Å². The Bertz CT molecular complexity index is 318. The smallest absolute Gasteiger partial charge is 0.0930 e. The fourth-order valence-electron chi connectivity index (χ4n) is 1.98. The van der Waals surface area contributed by atoms with Crippen molar-refractivity contribution in [2.24, 2.45) is 5.92 Å². The lowest BCUT2D eigenvalue weighted by Gasteiger charge is -2.19. The molecule has 0 aliphatic rings. The summed E-state index contributed by atoms with van der Waals surface area (Å²) in [6, 6.07) is 0. The van der Waals surface area contributed by atoms with Gasteiger partial charge in [-0.05, 0) is 32.7 Å². The lowest BCUT2D eigenvalue weighted by molar-refractivity contribution is 0.482. The standard InChI is InChI=1S/C13H24N2S/c1-6-7-12-15-10(4)13(16-12)11(8-14-5)9(2)3/h9,11,14H,6-8H2,1-5H3. The summed E-state index contributed by atoms with van der Waals surface area (Å²) in [5.74, 6) is 1.27. The average Bonchev–Trinajstić information content (AvgIpc) is 2.56. The van der Waals surface area contributed by atoms with E-state index in [1.807, 2.05) is 18.4 Å². The second kappa shape index (κ2) is 6.36. The number of nitrogens with one attached hydrogen (secondary N) is 1. The molecule has 0 radical (unpaired) electrons. The Kier molecular flexibility index (Phi) is 5.42. The molecule has 1 heterocycles. The number of aryl methyl sites for hydroxylation is 2. The molecular weight excluding hydrogens is 216 g/mol. The van der Waals surface area contributed by atoms with Gasteiger partial charge in [-0.25, -0.2) is 4.98 Å². The summed E-state index contributed by atoms with van der Waals surface area (Å²) < 4.78 is 0. The van der Waals surface area contributed by atoms with E-state index in [0.717, 1.165) is 13.0 Å². The minimum atomic E-state index is 0.605. The molecule has 16 heavy (non-hydrogen) atoms. The zero-order valence-corrected chi connectivity index (χ0v) is 11.9. The maximum atomic E-state index is 4.68. The van der Waals surface area contributed by atoms with Crippen LogP contribution in [0.5, 0.6) is 0 Å². The first-order chi connectivity index (χ1) is 7.60. The van der Waals surface area contributed by atoms with Gasteiger partial charge in [0.2, 0.25) is 0 Å². The van der Waals surface area contributed by atoms with E-state index in [1.165, 1.54) is 22.0 Å². The van der Waals surface area contributed by atoms with Crippen molar-refractivity contribution in [2.75, 3.05) is 13.6 Å². The van der Waals surface area contributed by atoms with Crippen LogP contribution in [0.1, 0.15) is 48.7 Å². The zero-order chi connectivity index (χ0) is 12.1. The van der Waals surface area contributed by atoms with E-state index in [0.29, 0.717) is 11.8 Å². The number of rotatable bonds is 6. The number of nitrogens with zero attached hydrogens (tertiary/aromatic N) is 1. The molecule has 1 N–H and O–H groups in total. The van der Waals surface area contributed by atoms with Crippen molar-refractivity contribution in [3.05, 3.63) is 15.6 Å². The van der Waals surface area contributed by atoms with Crippen LogP contribution < -0.4 is 5.32 Å². The molecule has 3 heteroatoms. The molecule has 1 unspecified atom stereocenters. The lowest BCUT2D eigenvalue weighted by Crippen LogP contribution is -2.21. The van der Waals surface area contributed by atoms with Crippen LogP contribution in [-0.2, 0) is 6.42 Å². The molecule has 0 spiro atoms. The number of thiazole rings is 1. The summed E-state index contributed by atoms with van der Waals surface area (Å²) >= 11 is 1.91. The van der Waals surface area contributed by atoms with Crippen LogP contribution in [0.4, 0.5) is 0 Å². The van der Waals surface area contributed by atoms with Crippen molar-refractivity contribution in [3.8, 4) is 0 Å². The zero-order valence-electron chi connectivity index (χ0n) is 11.1. The lowest BCUT2D eigenvalue weighted by atomic mass is 9.93. The Labute approximate surface area is 103 Å². The van der Waals surface area contributed by atoms with Crippen molar-refractivity contribution >= 4 is 11.3 Å². The van der Waals surface area contributed by atoms with Gasteiger partial charge < -0.3 is 5.32 Å². The van der Waals surface area contributed by atoms with E-state index < -0.39 is 0 Å². The second-order valence-electron chi connectivity index (χ2n) is 4.72. The van der Waals surface area contributed by atoms with E-state index in [-0.39, 0.29) is 0 Å².